The van der Waals surface area contributed by atoms with E-state index in [1.807, 2.05) is 6.07 Å². The summed E-state index contributed by atoms with van der Waals surface area (Å²) in [6.07, 6.45) is 0.988. The van der Waals surface area contributed by atoms with Gasteiger partial charge in [0.05, 0.1) is 5.69 Å². The highest BCUT2D eigenvalue weighted by Crippen LogP contribution is 2.31. The third-order valence-electron chi connectivity index (χ3n) is 3.29. The molecule has 0 radical (unpaired) electrons. The lowest BCUT2D eigenvalue weighted by atomic mass is 10.2. The first-order valence-electron chi connectivity index (χ1n) is 5.95. The number of aliphatic hydroxyl groups excluding tert-OH is 1. The first-order valence-corrected chi connectivity index (χ1v) is 6.74. The van der Waals surface area contributed by atoms with Gasteiger partial charge in [-0.05, 0) is 18.2 Å². The van der Waals surface area contributed by atoms with Crippen LogP contribution in [-0.2, 0) is 13.1 Å². The quantitative estimate of drug-likeness (QED) is 0.923. The molecule has 1 aliphatic rings. The van der Waals surface area contributed by atoms with Crippen molar-refractivity contribution in [3.63, 3.8) is 0 Å². The summed E-state index contributed by atoms with van der Waals surface area (Å²) in [6.45, 7) is 0.892. The lowest BCUT2D eigenvalue weighted by Gasteiger charge is -2.20. The van der Waals surface area contributed by atoms with Crippen LogP contribution in [0, 0.1) is 5.82 Å². The van der Waals surface area contributed by atoms with Crippen LogP contribution in [0.25, 0.3) is 0 Å². The fourth-order valence-corrected chi connectivity index (χ4v) is 2.64. The van der Waals surface area contributed by atoms with Crippen LogP contribution in [0.2, 0.25) is 0 Å². The van der Waals surface area contributed by atoms with E-state index < -0.39 is 6.23 Å². The Morgan fingerprint density at radius 3 is 3.00 bits per heavy atom. The fraction of sp³-hybridized carbons (Fsp3) is 0.214. The monoisotopic (exact) mass is 322 g/mol. The molecule has 0 saturated heterocycles. The third-order valence-corrected chi connectivity index (χ3v) is 3.78. The van der Waals surface area contributed by atoms with Gasteiger partial charge in [-0.2, -0.15) is 0 Å². The van der Waals surface area contributed by atoms with Crippen LogP contribution in [-0.4, -0.2) is 15.0 Å². The molecule has 1 N–H and O–H groups in total. The summed E-state index contributed by atoms with van der Waals surface area (Å²) in [6, 6.07) is 8.61. The molecule has 1 aliphatic heterocycles. The number of pyridine rings is 1. The second-order valence-electron chi connectivity index (χ2n) is 4.55. The van der Waals surface area contributed by atoms with E-state index in [0.717, 1.165) is 11.3 Å². The summed E-state index contributed by atoms with van der Waals surface area (Å²) in [5, 5.41) is 10.2. The predicted octanol–water partition coefficient (Wildman–Crippen LogP) is 2.99. The molecule has 1 aromatic heterocycles. The lowest BCUT2D eigenvalue weighted by Crippen LogP contribution is -2.21. The molecule has 0 spiro atoms. The summed E-state index contributed by atoms with van der Waals surface area (Å²) >= 11 is 3.23. The minimum atomic E-state index is -0.716. The van der Waals surface area contributed by atoms with E-state index in [2.05, 4.69) is 20.9 Å². The fourth-order valence-electron chi connectivity index (χ4n) is 2.30. The van der Waals surface area contributed by atoms with Crippen LogP contribution < -0.4 is 0 Å². The minimum absolute atomic E-state index is 0.273. The molecule has 0 amide bonds. The van der Waals surface area contributed by atoms with Gasteiger partial charge in [0.1, 0.15) is 12.0 Å². The Labute approximate surface area is 118 Å². The number of benzene rings is 1. The van der Waals surface area contributed by atoms with Gasteiger partial charge in [0.2, 0.25) is 0 Å². The molecule has 1 aromatic carbocycles. The first kappa shape index (κ1) is 12.7. The molecule has 2 aromatic rings. The molecule has 3 rings (SSSR count). The molecule has 0 fully saturated rings. The molecule has 0 bridgehead atoms. The van der Waals surface area contributed by atoms with Gasteiger partial charge < -0.3 is 5.11 Å². The Morgan fingerprint density at radius 2 is 2.26 bits per heavy atom. The van der Waals surface area contributed by atoms with Crippen LogP contribution in [0.3, 0.4) is 0 Å². The topological polar surface area (TPSA) is 36.4 Å². The van der Waals surface area contributed by atoms with E-state index in [1.54, 1.807) is 29.3 Å². The number of aromatic nitrogens is 1. The van der Waals surface area contributed by atoms with Gasteiger partial charge >= 0.3 is 0 Å². The standard InChI is InChI=1S/C14H12BrFN2O/c15-10-4-3-9(12(16)6-10)7-18-8-13-11(14(18)19)2-1-5-17-13/h1-6,14,19H,7-8H2. The first-order chi connectivity index (χ1) is 9.15. The molecule has 19 heavy (non-hydrogen) atoms. The molecular formula is C14H12BrFN2O. The van der Waals surface area contributed by atoms with Crippen molar-refractivity contribution in [3.05, 3.63) is 63.6 Å². The summed E-state index contributed by atoms with van der Waals surface area (Å²) in [5.74, 6) is -0.273. The Bertz CT molecular complexity index is 620. The van der Waals surface area contributed by atoms with Crippen LogP contribution in [0.15, 0.2) is 41.0 Å². The Kier molecular flexibility index (Phi) is 3.35. The second-order valence-corrected chi connectivity index (χ2v) is 5.47. The summed E-state index contributed by atoms with van der Waals surface area (Å²) in [7, 11) is 0. The highest BCUT2D eigenvalue weighted by Gasteiger charge is 2.29. The highest BCUT2D eigenvalue weighted by atomic mass is 79.9. The van der Waals surface area contributed by atoms with Crippen molar-refractivity contribution in [2.45, 2.75) is 19.3 Å². The van der Waals surface area contributed by atoms with Gasteiger partial charge in [-0.1, -0.05) is 28.1 Å². The van der Waals surface area contributed by atoms with Crippen LogP contribution in [0.4, 0.5) is 4.39 Å². The van der Waals surface area contributed by atoms with Crippen LogP contribution in [0.5, 0.6) is 0 Å². The zero-order valence-electron chi connectivity index (χ0n) is 10.1. The maximum atomic E-state index is 13.8. The molecule has 98 valence electrons. The smallest absolute Gasteiger partial charge is 0.136 e. The molecule has 3 nitrogen and oxygen atoms in total. The molecule has 2 heterocycles. The number of aliphatic hydroxyl groups is 1. The normalized spacial score (nSPS) is 18.6. The van der Waals surface area contributed by atoms with Gasteiger partial charge in [0, 0.05) is 34.9 Å². The molecule has 0 saturated carbocycles. The Balaban J connectivity index is 1.83. The number of nitrogens with zero attached hydrogens (tertiary/aromatic N) is 2. The number of hydrogen-bond donors (Lipinski definition) is 1. The van der Waals surface area contributed by atoms with Gasteiger partial charge in [0.15, 0.2) is 0 Å². The number of halogens is 2. The zero-order valence-corrected chi connectivity index (χ0v) is 11.6. The van der Waals surface area contributed by atoms with Crippen LogP contribution >= 0.6 is 15.9 Å². The summed E-state index contributed by atoms with van der Waals surface area (Å²) in [5.41, 5.74) is 2.22. The molecular weight excluding hydrogens is 311 g/mol. The van der Waals surface area contributed by atoms with E-state index in [-0.39, 0.29) is 5.82 Å². The van der Waals surface area contributed by atoms with E-state index in [0.29, 0.717) is 23.1 Å². The van der Waals surface area contributed by atoms with Gasteiger partial charge in [-0.15, -0.1) is 0 Å². The van der Waals surface area contributed by atoms with Crippen molar-refractivity contribution in [1.82, 2.24) is 9.88 Å². The van der Waals surface area contributed by atoms with E-state index >= 15 is 0 Å². The summed E-state index contributed by atoms with van der Waals surface area (Å²) in [4.78, 5) is 6.03. The Hall–Kier alpha value is -1.30. The number of rotatable bonds is 2. The van der Waals surface area contributed by atoms with Crippen molar-refractivity contribution >= 4 is 15.9 Å². The number of fused-ring (bicyclic) bond motifs is 1. The van der Waals surface area contributed by atoms with Crippen molar-refractivity contribution in [2.75, 3.05) is 0 Å². The maximum absolute atomic E-state index is 13.8. The van der Waals surface area contributed by atoms with Crippen molar-refractivity contribution in [1.29, 1.82) is 0 Å². The van der Waals surface area contributed by atoms with Gasteiger partial charge in [0.25, 0.3) is 0 Å². The maximum Gasteiger partial charge on any atom is 0.136 e. The molecule has 1 atom stereocenters. The Morgan fingerprint density at radius 1 is 1.42 bits per heavy atom. The molecule has 0 aliphatic carbocycles. The SMILES string of the molecule is OC1c2cccnc2CN1Cc1ccc(Br)cc1F. The van der Waals surface area contributed by atoms with Gasteiger partial charge in [-0.25, -0.2) is 4.39 Å². The average Bonchev–Trinajstić information content (AvgIpc) is 2.70. The number of hydrogen-bond acceptors (Lipinski definition) is 3. The molecule has 1 unspecified atom stereocenters. The van der Waals surface area contributed by atoms with E-state index in [9.17, 15) is 9.50 Å². The minimum Gasteiger partial charge on any atom is -0.374 e. The third kappa shape index (κ3) is 2.41. The largest absolute Gasteiger partial charge is 0.374 e. The van der Waals surface area contributed by atoms with E-state index in [4.69, 9.17) is 0 Å². The molecule has 5 heteroatoms. The summed E-state index contributed by atoms with van der Waals surface area (Å²) < 4.78 is 14.5. The second kappa shape index (κ2) is 5.00. The highest BCUT2D eigenvalue weighted by molar-refractivity contribution is 9.10. The van der Waals surface area contributed by atoms with Crippen molar-refractivity contribution in [2.24, 2.45) is 0 Å². The van der Waals surface area contributed by atoms with E-state index in [1.165, 1.54) is 6.07 Å². The zero-order chi connectivity index (χ0) is 13.4. The van der Waals surface area contributed by atoms with Gasteiger partial charge in [-0.3, -0.25) is 9.88 Å². The lowest BCUT2D eigenvalue weighted by molar-refractivity contribution is 0.00694. The average molecular weight is 323 g/mol. The predicted molar refractivity (Wildman–Crippen MR) is 72.5 cm³/mol. The van der Waals surface area contributed by atoms with Crippen molar-refractivity contribution in [3.8, 4) is 0 Å². The van der Waals surface area contributed by atoms with Crippen molar-refractivity contribution < 1.29 is 9.50 Å². The van der Waals surface area contributed by atoms with Crippen LogP contribution in [0.1, 0.15) is 23.0 Å².